The zero-order valence-electron chi connectivity index (χ0n) is 22.1. The number of nitro groups is 1. The maximum atomic E-state index is 10.7. The highest BCUT2D eigenvalue weighted by atomic mass is 16.7. The number of hydrogen-bond donors (Lipinski definition) is 9. The van der Waals surface area contributed by atoms with Crippen LogP contribution in [0, 0.1) is 10.1 Å². The maximum absolute atomic E-state index is 10.7. The van der Waals surface area contributed by atoms with Crippen molar-refractivity contribution in [1.82, 2.24) is 5.43 Å². The van der Waals surface area contributed by atoms with Gasteiger partial charge in [0.2, 0.25) is 0 Å². The summed E-state index contributed by atoms with van der Waals surface area (Å²) in [5.41, 5.74) is 14.5. The molecule has 0 saturated carbocycles. The molecule has 15 nitrogen and oxygen atoms in total. The van der Waals surface area contributed by atoms with Gasteiger partial charge >= 0.3 is 17.9 Å². The van der Waals surface area contributed by atoms with E-state index in [9.17, 15) is 24.5 Å². The van der Waals surface area contributed by atoms with Crippen LogP contribution in [-0.2, 0) is 33.6 Å². The van der Waals surface area contributed by atoms with E-state index in [0.717, 1.165) is 11.1 Å². The van der Waals surface area contributed by atoms with Crippen molar-refractivity contribution in [2.75, 3.05) is 0 Å². The molecule has 226 valence electrons. The van der Waals surface area contributed by atoms with Gasteiger partial charge in [-0.1, -0.05) is 36.4 Å². The molecule has 3 atom stereocenters. The van der Waals surface area contributed by atoms with Crippen LogP contribution in [-0.4, -0.2) is 71.7 Å². The third-order valence-corrected chi connectivity index (χ3v) is 5.35. The Bertz CT molecular complexity index is 1240. The van der Waals surface area contributed by atoms with Crippen molar-refractivity contribution in [3.05, 3.63) is 99.6 Å². The molecule has 11 N–H and O–H groups in total. The zero-order valence-corrected chi connectivity index (χ0v) is 22.1. The fraction of sp³-hybridized carbons (Fsp3) is 0.222. The van der Waals surface area contributed by atoms with E-state index in [1.54, 1.807) is 29.7 Å². The van der Waals surface area contributed by atoms with Gasteiger partial charge in [-0.05, 0) is 65.9 Å². The number of aliphatic carboxylic acids is 3. The molecule has 3 unspecified atom stereocenters. The molecular weight excluding hydrogens is 556 g/mol. The Kier molecular flexibility index (Phi) is 14.3. The van der Waals surface area contributed by atoms with Crippen LogP contribution in [0.2, 0.25) is 0 Å². The average molecular weight is 589 g/mol. The van der Waals surface area contributed by atoms with Gasteiger partial charge in [0.1, 0.15) is 29.3 Å². The molecule has 0 spiro atoms. The van der Waals surface area contributed by atoms with Crippen molar-refractivity contribution in [3.63, 3.8) is 0 Å². The smallest absolute Gasteiger partial charge is 0.332 e. The molecule has 42 heavy (non-hydrogen) atoms. The first kappa shape index (κ1) is 34.6. The van der Waals surface area contributed by atoms with E-state index in [0.29, 0.717) is 5.56 Å². The number of phenolic OH excluding ortho intramolecular Hbond substituents is 3. The molecule has 0 saturated heterocycles. The molecule has 0 aliphatic rings. The maximum Gasteiger partial charge on any atom is 0.332 e. The van der Waals surface area contributed by atoms with Gasteiger partial charge < -0.3 is 42.1 Å². The monoisotopic (exact) mass is 588 g/mol. The second kappa shape index (κ2) is 17.3. The predicted octanol–water partition coefficient (Wildman–Crippen LogP) is 0.862. The second-order valence-electron chi connectivity index (χ2n) is 8.78. The number of carbonyl (C=O) groups is 3. The Morgan fingerprint density at radius 1 is 0.619 bits per heavy atom. The summed E-state index contributed by atoms with van der Waals surface area (Å²) in [6.45, 7) is 0. The van der Waals surface area contributed by atoms with Crippen molar-refractivity contribution in [2.45, 2.75) is 37.4 Å². The molecule has 0 aliphatic heterocycles. The number of carboxylic acids is 3. The lowest BCUT2D eigenvalue weighted by atomic mass is 10.1. The lowest BCUT2D eigenvalue weighted by Gasteiger charge is -2.08. The molecule has 3 rings (SSSR count). The van der Waals surface area contributed by atoms with Gasteiger partial charge in [0.25, 0.3) is 0 Å². The van der Waals surface area contributed by atoms with Gasteiger partial charge in [-0.25, -0.2) is 14.9 Å². The summed E-state index contributed by atoms with van der Waals surface area (Å²) in [7, 11) is 0. The van der Waals surface area contributed by atoms with E-state index < -0.39 is 41.1 Å². The summed E-state index contributed by atoms with van der Waals surface area (Å²) in [6.07, 6.45) is 0.516. The van der Waals surface area contributed by atoms with Crippen LogP contribution in [0.5, 0.6) is 17.2 Å². The lowest BCUT2D eigenvalue weighted by Crippen LogP contribution is -2.41. The fourth-order valence-electron chi connectivity index (χ4n) is 3.13. The van der Waals surface area contributed by atoms with Gasteiger partial charge in [0.05, 0.1) is 0 Å². The minimum absolute atomic E-state index is 0.0312. The predicted molar refractivity (Wildman–Crippen MR) is 148 cm³/mol. The molecule has 0 radical (unpaired) electrons. The SMILES string of the molecule is NC(Cc1ccc(O)cc1)C(=O)O.NC(Cc1ccc(O)cc1)C(=O)O.O=C(O)C(Cc1ccc(O)cc1)N[N+](=O)[O-]. The number of hydrazine groups is 1. The third-order valence-electron chi connectivity index (χ3n) is 5.35. The van der Waals surface area contributed by atoms with Crippen LogP contribution >= 0.6 is 0 Å². The number of hydrogen-bond acceptors (Lipinski definition) is 10. The van der Waals surface area contributed by atoms with Crippen molar-refractivity contribution in [3.8, 4) is 17.2 Å². The number of benzene rings is 3. The summed E-state index contributed by atoms with van der Waals surface area (Å²) in [4.78, 5) is 41.6. The van der Waals surface area contributed by atoms with E-state index in [4.69, 9.17) is 42.1 Å². The van der Waals surface area contributed by atoms with Crippen LogP contribution < -0.4 is 16.9 Å². The number of nitrogens with zero attached hydrogens (tertiary/aromatic N) is 1. The van der Waals surface area contributed by atoms with Crippen LogP contribution in [0.1, 0.15) is 16.7 Å². The van der Waals surface area contributed by atoms with Gasteiger partial charge in [-0.2, -0.15) is 0 Å². The number of aromatic hydroxyl groups is 3. The molecule has 0 aliphatic carbocycles. The minimum atomic E-state index is -1.30. The average Bonchev–Trinajstić information content (AvgIpc) is 2.92. The van der Waals surface area contributed by atoms with E-state index in [1.807, 2.05) is 0 Å². The summed E-state index contributed by atoms with van der Waals surface area (Å²) in [5.74, 6) is -2.97. The molecule has 0 heterocycles. The van der Waals surface area contributed by atoms with Crippen molar-refractivity contribution < 1.29 is 50.1 Å². The molecule has 0 aromatic heterocycles. The molecule has 3 aromatic rings. The lowest BCUT2D eigenvalue weighted by molar-refractivity contribution is -0.548. The zero-order chi connectivity index (χ0) is 31.8. The molecule has 15 heteroatoms. The van der Waals surface area contributed by atoms with Crippen molar-refractivity contribution in [2.24, 2.45) is 11.5 Å². The quantitative estimate of drug-likeness (QED) is 0.111. The fourth-order valence-corrected chi connectivity index (χ4v) is 3.13. The highest BCUT2D eigenvalue weighted by Gasteiger charge is 2.22. The van der Waals surface area contributed by atoms with E-state index in [-0.39, 0.29) is 36.5 Å². The Morgan fingerprint density at radius 2 is 0.905 bits per heavy atom. The largest absolute Gasteiger partial charge is 0.508 e. The Balaban J connectivity index is 0.000000318. The summed E-state index contributed by atoms with van der Waals surface area (Å²) in [6, 6.07) is 15.4. The van der Waals surface area contributed by atoms with Crippen molar-refractivity contribution >= 4 is 17.9 Å². The number of carboxylic acid groups (broad SMARTS) is 3. The van der Waals surface area contributed by atoms with Gasteiger partial charge in [0, 0.05) is 6.42 Å². The highest BCUT2D eigenvalue weighted by molar-refractivity contribution is 5.74. The Labute approximate surface area is 239 Å². The van der Waals surface area contributed by atoms with Gasteiger partial charge in [-0.3, -0.25) is 9.59 Å². The van der Waals surface area contributed by atoms with Crippen molar-refractivity contribution in [1.29, 1.82) is 0 Å². The second-order valence-corrected chi connectivity index (χ2v) is 8.78. The molecule has 0 bridgehead atoms. The normalized spacial score (nSPS) is 12.1. The first-order chi connectivity index (χ1) is 19.7. The molecular formula is C27H32N4O11. The first-order valence-corrected chi connectivity index (χ1v) is 12.1. The minimum Gasteiger partial charge on any atom is -0.508 e. The Hall–Kier alpha value is -5.41. The summed E-state index contributed by atoms with van der Waals surface area (Å²) in [5, 5.41) is 61.9. The highest BCUT2D eigenvalue weighted by Crippen LogP contribution is 2.13. The van der Waals surface area contributed by atoms with Gasteiger partial charge in [0.15, 0.2) is 11.1 Å². The van der Waals surface area contributed by atoms with Crippen LogP contribution in [0.25, 0.3) is 0 Å². The summed E-state index contributed by atoms with van der Waals surface area (Å²) >= 11 is 0. The van der Waals surface area contributed by atoms with E-state index >= 15 is 0 Å². The first-order valence-electron chi connectivity index (χ1n) is 12.1. The number of nitrogens with one attached hydrogen (secondary N) is 1. The van der Waals surface area contributed by atoms with E-state index in [1.165, 1.54) is 48.5 Å². The summed E-state index contributed by atoms with van der Waals surface area (Å²) < 4.78 is 0. The van der Waals surface area contributed by atoms with Crippen LogP contribution in [0.3, 0.4) is 0 Å². The van der Waals surface area contributed by atoms with E-state index in [2.05, 4.69) is 0 Å². The number of phenols is 3. The van der Waals surface area contributed by atoms with Crippen LogP contribution in [0.15, 0.2) is 72.8 Å². The molecule has 0 fully saturated rings. The topological polar surface area (TPSA) is 280 Å². The van der Waals surface area contributed by atoms with Crippen LogP contribution in [0.4, 0.5) is 0 Å². The number of rotatable bonds is 11. The third kappa shape index (κ3) is 14.1. The molecule has 3 aromatic carbocycles. The number of nitrogens with two attached hydrogens (primary N) is 2. The van der Waals surface area contributed by atoms with Gasteiger partial charge in [-0.15, -0.1) is 5.43 Å². The molecule has 0 amide bonds. The standard InChI is InChI=1S/C9H10N2O5.2C9H11NO3/c12-7-3-1-6(2-4-7)5-8(9(13)14)10-11(15)16;2*10-8(9(12)13)5-6-1-3-7(11)4-2-6/h1-4,8,10,12H,5H2,(H,13,14);2*1-4,8,11H,5,10H2,(H,12,13). The Morgan fingerprint density at radius 3 is 1.14 bits per heavy atom.